The first-order valence-electron chi connectivity index (χ1n) is 8.33. The molecule has 6 heteroatoms. The Morgan fingerprint density at radius 3 is 2.62 bits per heavy atom. The maximum Gasteiger partial charge on any atom is 0.303 e. The van der Waals surface area contributed by atoms with Crippen molar-refractivity contribution >= 4 is 11.8 Å². The molecule has 0 aromatic carbocycles. The Kier molecular flexibility index (Phi) is 7.14. The molecular formula is C18H24N4O2. The van der Waals surface area contributed by atoms with Crippen LogP contribution in [0, 0.1) is 0 Å². The Morgan fingerprint density at radius 1 is 1.12 bits per heavy atom. The number of carboxylic acids is 1. The third-order valence-electron chi connectivity index (χ3n) is 4.07. The summed E-state index contributed by atoms with van der Waals surface area (Å²) in [5, 5.41) is 8.70. The molecule has 0 fully saturated rings. The number of carboxylic acid groups (broad SMARTS) is 1. The molecule has 1 unspecified atom stereocenters. The van der Waals surface area contributed by atoms with E-state index in [9.17, 15) is 4.79 Å². The van der Waals surface area contributed by atoms with Crippen LogP contribution in [0.5, 0.6) is 0 Å². The highest BCUT2D eigenvalue weighted by molar-refractivity contribution is 5.66. The molecule has 0 amide bonds. The van der Waals surface area contributed by atoms with Gasteiger partial charge in [0.15, 0.2) is 0 Å². The van der Waals surface area contributed by atoms with Gasteiger partial charge in [-0.15, -0.1) is 0 Å². The van der Waals surface area contributed by atoms with Crippen LogP contribution >= 0.6 is 0 Å². The van der Waals surface area contributed by atoms with E-state index < -0.39 is 5.97 Å². The summed E-state index contributed by atoms with van der Waals surface area (Å²) < 4.78 is 0. The van der Waals surface area contributed by atoms with Gasteiger partial charge in [0.2, 0.25) is 0 Å². The number of nitrogens with zero attached hydrogens (tertiary/aromatic N) is 3. The molecule has 2 aromatic heterocycles. The SMILES string of the molecule is Nc1cccc(CCC(CCCCCC(=O)O)c2cncnc2)n1. The third-order valence-corrected chi connectivity index (χ3v) is 4.07. The summed E-state index contributed by atoms with van der Waals surface area (Å²) in [5.74, 6) is 0.163. The molecule has 2 rings (SSSR count). The van der Waals surface area contributed by atoms with E-state index in [1.165, 1.54) is 6.33 Å². The molecule has 0 saturated heterocycles. The van der Waals surface area contributed by atoms with Crippen LogP contribution in [-0.4, -0.2) is 26.0 Å². The first kappa shape index (κ1) is 17.8. The molecule has 0 aliphatic heterocycles. The van der Waals surface area contributed by atoms with E-state index in [-0.39, 0.29) is 6.42 Å². The average Bonchev–Trinajstić information content (AvgIpc) is 2.58. The summed E-state index contributed by atoms with van der Waals surface area (Å²) >= 11 is 0. The van der Waals surface area contributed by atoms with Gasteiger partial charge in [-0.25, -0.2) is 15.0 Å². The number of carbonyl (C=O) groups is 1. The van der Waals surface area contributed by atoms with E-state index in [1.807, 2.05) is 24.5 Å². The maximum atomic E-state index is 10.6. The Balaban J connectivity index is 1.89. The second-order valence-corrected chi connectivity index (χ2v) is 5.95. The minimum Gasteiger partial charge on any atom is -0.481 e. The molecule has 128 valence electrons. The van der Waals surface area contributed by atoms with Crippen LogP contribution in [-0.2, 0) is 11.2 Å². The van der Waals surface area contributed by atoms with Crippen LogP contribution in [0.2, 0.25) is 0 Å². The lowest BCUT2D eigenvalue weighted by atomic mass is 9.90. The summed E-state index contributed by atoms with van der Waals surface area (Å²) in [7, 11) is 0. The number of nitrogens with two attached hydrogens (primary N) is 1. The first-order valence-corrected chi connectivity index (χ1v) is 8.33. The number of nitrogen functional groups attached to an aromatic ring is 1. The van der Waals surface area contributed by atoms with E-state index >= 15 is 0 Å². The number of hydrogen-bond acceptors (Lipinski definition) is 5. The average molecular weight is 328 g/mol. The molecule has 2 aromatic rings. The number of unbranched alkanes of at least 4 members (excludes halogenated alkanes) is 2. The minimum atomic E-state index is -0.726. The standard InChI is InChI=1S/C18H24N4O2/c19-17-7-4-6-16(22-17)10-9-14(15-11-20-13-21-12-15)5-2-1-3-8-18(23)24/h4,6-7,11-14H,1-3,5,8-10H2,(H2,19,22)(H,23,24). The van der Waals surface area contributed by atoms with Gasteiger partial charge < -0.3 is 10.8 Å². The fourth-order valence-corrected chi connectivity index (χ4v) is 2.80. The Bertz CT molecular complexity index is 634. The van der Waals surface area contributed by atoms with Crippen molar-refractivity contribution in [2.24, 2.45) is 0 Å². The van der Waals surface area contributed by atoms with Crippen LogP contribution in [0.1, 0.15) is 55.7 Å². The molecule has 3 N–H and O–H groups in total. The van der Waals surface area contributed by atoms with Crippen molar-refractivity contribution in [1.82, 2.24) is 15.0 Å². The minimum absolute atomic E-state index is 0.242. The maximum absolute atomic E-state index is 10.6. The molecule has 6 nitrogen and oxygen atoms in total. The second-order valence-electron chi connectivity index (χ2n) is 5.95. The highest BCUT2D eigenvalue weighted by atomic mass is 16.4. The highest BCUT2D eigenvalue weighted by Gasteiger charge is 2.13. The highest BCUT2D eigenvalue weighted by Crippen LogP contribution is 2.26. The Morgan fingerprint density at radius 2 is 1.92 bits per heavy atom. The van der Waals surface area contributed by atoms with Gasteiger partial charge in [-0.05, 0) is 49.3 Å². The zero-order valence-corrected chi connectivity index (χ0v) is 13.8. The lowest BCUT2D eigenvalue weighted by molar-refractivity contribution is -0.137. The molecule has 0 aliphatic carbocycles. The van der Waals surface area contributed by atoms with Gasteiger partial charge in [-0.2, -0.15) is 0 Å². The zero-order chi connectivity index (χ0) is 17.2. The number of hydrogen-bond donors (Lipinski definition) is 2. The Hall–Kier alpha value is -2.50. The number of pyridine rings is 1. The molecule has 24 heavy (non-hydrogen) atoms. The number of aryl methyl sites for hydroxylation is 1. The second kappa shape index (κ2) is 9.60. The molecule has 0 spiro atoms. The van der Waals surface area contributed by atoms with Crippen LogP contribution < -0.4 is 5.73 Å². The number of aliphatic carboxylic acids is 1. The molecule has 0 bridgehead atoms. The van der Waals surface area contributed by atoms with Crippen molar-refractivity contribution in [2.75, 3.05) is 5.73 Å². The van der Waals surface area contributed by atoms with Gasteiger partial charge in [0.1, 0.15) is 12.1 Å². The van der Waals surface area contributed by atoms with E-state index in [1.54, 1.807) is 6.07 Å². The monoisotopic (exact) mass is 328 g/mol. The van der Waals surface area contributed by atoms with Crippen LogP contribution in [0.25, 0.3) is 0 Å². The normalized spacial score (nSPS) is 12.0. The van der Waals surface area contributed by atoms with E-state index in [2.05, 4.69) is 15.0 Å². The Labute approximate surface area is 142 Å². The van der Waals surface area contributed by atoms with Gasteiger partial charge in [-0.3, -0.25) is 4.79 Å². The topological polar surface area (TPSA) is 102 Å². The van der Waals surface area contributed by atoms with Crippen molar-refractivity contribution in [3.8, 4) is 0 Å². The predicted octanol–water partition coefficient (Wildman–Crippen LogP) is 3.21. The molecule has 0 aliphatic rings. The fourth-order valence-electron chi connectivity index (χ4n) is 2.80. The summed E-state index contributed by atoms with van der Waals surface area (Å²) in [6.07, 6.45) is 10.9. The van der Waals surface area contributed by atoms with Crippen LogP contribution in [0.3, 0.4) is 0 Å². The largest absolute Gasteiger partial charge is 0.481 e. The first-order chi connectivity index (χ1) is 11.6. The van der Waals surface area contributed by atoms with E-state index in [4.69, 9.17) is 10.8 Å². The molecule has 2 heterocycles. The number of rotatable bonds is 10. The van der Waals surface area contributed by atoms with Gasteiger partial charge in [0.25, 0.3) is 0 Å². The quantitative estimate of drug-likeness (QED) is 0.649. The van der Waals surface area contributed by atoms with Crippen molar-refractivity contribution in [3.63, 3.8) is 0 Å². The summed E-state index contributed by atoms with van der Waals surface area (Å²) in [6, 6.07) is 5.69. The van der Waals surface area contributed by atoms with E-state index in [0.29, 0.717) is 11.7 Å². The van der Waals surface area contributed by atoms with Crippen molar-refractivity contribution in [2.45, 2.75) is 50.9 Å². The summed E-state index contributed by atoms with van der Waals surface area (Å²) in [5.41, 5.74) is 7.85. The fraction of sp³-hybridized carbons (Fsp3) is 0.444. The van der Waals surface area contributed by atoms with Gasteiger partial charge in [0.05, 0.1) is 0 Å². The van der Waals surface area contributed by atoms with E-state index in [0.717, 1.165) is 49.8 Å². The zero-order valence-electron chi connectivity index (χ0n) is 13.8. The smallest absolute Gasteiger partial charge is 0.303 e. The van der Waals surface area contributed by atoms with Gasteiger partial charge in [0, 0.05) is 24.5 Å². The van der Waals surface area contributed by atoms with Gasteiger partial charge in [-0.1, -0.05) is 18.9 Å². The summed E-state index contributed by atoms with van der Waals surface area (Å²) in [6.45, 7) is 0. The lowest BCUT2D eigenvalue weighted by Crippen LogP contribution is -2.04. The number of anilines is 1. The third kappa shape index (κ3) is 6.32. The lowest BCUT2D eigenvalue weighted by Gasteiger charge is -2.16. The molecule has 0 radical (unpaired) electrons. The summed E-state index contributed by atoms with van der Waals surface area (Å²) in [4.78, 5) is 23.2. The van der Waals surface area contributed by atoms with Gasteiger partial charge >= 0.3 is 5.97 Å². The van der Waals surface area contributed by atoms with Crippen LogP contribution in [0.15, 0.2) is 36.9 Å². The molecule has 1 atom stereocenters. The van der Waals surface area contributed by atoms with Crippen molar-refractivity contribution in [1.29, 1.82) is 0 Å². The molecule has 0 saturated carbocycles. The predicted molar refractivity (Wildman–Crippen MR) is 92.5 cm³/mol. The van der Waals surface area contributed by atoms with Crippen molar-refractivity contribution in [3.05, 3.63) is 48.2 Å². The van der Waals surface area contributed by atoms with Crippen molar-refractivity contribution < 1.29 is 9.90 Å². The molecular weight excluding hydrogens is 304 g/mol. The number of aromatic nitrogens is 3. The van der Waals surface area contributed by atoms with Crippen LogP contribution in [0.4, 0.5) is 5.82 Å².